The molecule has 3 N–H and O–H groups in total. The number of benzene rings is 1. The maximum atomic E-state index is 11.9. The Balaban J connectivity index is 1.74. The predicted molar refractivity (Wildman–Crippen MR) is 76.0 cm³/mol. The summed E-state index contributed by atoms with van der Waals surface area (Å²) in [5.41, 5.74) is 6.36. The quantitative estimate of drug-likeness (QED) is 0.801. The number of para-hydroxylation sites is 2. The van der Waals surface area contributed by atoms with Crippen LogP contribution in [0.15, 0.2) is 24.3 Å². The zero-order valence-electron chi connectivity index (χ0n) is 11.4. The van der Waals surface area contributed by atoms with Crippen LogP contribution in [0.2, 0.25) is 0 Å². The van der Waals surface area contributed by atoms with Gasteiger partial charge in [0.15, 0.2) is 0 Å². The number of rotatable bonds is 5. The van der Waals surface area contributed by atoms with E-state index in [1.807, 2.05) is 18.2 Å². The number of nitrogen functional groups attached to an aromatic ring is 1. The number of ether oxygens (including phenoxy) is 1. The second-order valence-corrected chi connectivity index (χ2v) is 5.45. The maximum absolute atomic E-state index is 11.9. The lowest BCUT2D eigenvalue weighted by molar-refractivity contribution is -0.123. The highest BCUT2D eigenvalue weighted by Crippen LogP contribution is 2.28. The van der Waals surface area contributed by atoms with Crippen molar-refractivity contribution in [2.45, 2.75) is 44.6 Å². The predicted octanol–water partition coefficient (Wildman–Crippen LogP) is 2.49. The van der Waals surface area contributed by atoms with E-state index in [-0.39, 0.29) is 11.4 Å². The van der Waals surface area contributed by atoms with Crippen molar-refractivity contribution in [1.29, 1.82) is 0 Å². The molecule has 0 heterocycles. The van der Waals surface area contributed by atoms with Gasteiger partial charge in [-0.05, 0) is 31.9 Å². The standard InChI is InChI=1S/C15H22N2O2/c1-15(9-4-5-10-15)17-14(18)8-11-19-13-7-3-2-6-12(13)16/h2-3,6-7H,4-5,8-11,16H2,1H3,(H,17,18). The molecule has 0 unspecified atom stereocenters. The molecule has 1 aromatic carbocycles. The minimum Gasteiger partial charge on any atom is -0.491 e. The summed E-state index contributed by atoms with van der Waals surface area (Å²) >= 11 is 0. The lowest BCUT2D eigenvalue weighted by Gasteiger charge is -2.25. The fourth-order valence-electron chi connectivity index (χ4n) is 2.55. The van der Waals surface area contributed by atoms with Gasteiger partial charge in [0.1, 0.15) is 5.75 Å². The molecule has 1 fully saturated rings. The highest BCUT2D eigenvalue weighted by atomic mass is 16.5. The molecular formula is C15H22N2O2. The lowest BCUT2D eigenvalue weighted by atomic mass is 10.0. The summed E-state index contributed by atoms with van der Waals surface area (Å²) in [5.74, 6) is 0.696. The normalized spacial score (nSPS) is 17.1. The Morgan fingerprint density at radius 2 is 2.05 bits per heavy atom. The smallest absolute Gasteiger partial charge is 0.223 e. The molecular weight excluding hydrogens is 240 g/mol. The van der Waals surface area contributed by atoms with Crippen molar-refractivity contribution in [1.82, 2.24) is 5.32 Å². The van der Waals surface area contributed by atoms with Crippen LogP contribution in [0.1, 0.15) is 39.0 Å². The topological polar surface area (TPSA) is 64.3 Å². The number of nitrogens with two attached hydrogens (primary N) is 1. The van der Waals surface area contributed by atoms with Crippen LogP contribution < -0.4 is 15.8 Å². The van der Waals surface area contributed by atoms with E-state index in [9.17, 15) is 4.79 Å². The molecule has 1 aliphatic rings. The van der Waals surface area contributed by atoms with Gasteiger partial charge in [0.2, 0.25) is 5.91 Å². The van der Waals surface area contributed by atoms with Gasteiger partial charge in [-0.3, -0.25) is 4.79 Å². The minimum atomic E-state index is -0.0111. The number of anilines is 1. The largest absolute Gasteiger partial charge is 0.491 e. The summed E-state index contributed by atoms with van der Waals surface area (Å²) in [7, 11) is 0. The van der Waals surface area contributed by atoms with Gasteiger partial charge >= 0.3 is 0 Å². The third-order valence-corrected chi connectivity index (χ3v) is 3.65. The van der Waals surface area contributed by atoms with Crippen LogP contribution in [-0.4, -0.2) is 18.1 Å². The van der Waals surface area contributed by atoms with Crippen LogP contribution in [0.25, 0.3) is 0 Å². The van der Waals surface area contributed by atoms with Gasteiger partial charge in [-0.2, -0.15) is 0 Å². The van der Waals surface area contributed by atoms with Crippen molar-refractivity contribution in [3.05, 3.63) is 24.3 Å². The number of carbonyl (C=O) groups excluding carboxylic acids is 1. The van der Waals surface area contributed by atoms with Gasteiger partial charge in [0, 0.05) is 5.54 Å². The Bertz CT molecular complexity index is 440. The van der Waals surface area contributed by atoms with Gasteiger partial charge in [-0.25, -0.2) is 0 Å². The summed E-state index contributed by atoms with van der Waals surface area (Å²) in [6.45, 7) is 2.48. The van der Waals surface area contributed by atoms with Crippen LogP contribution >= 0.6 is 0 Å². The summed E-state index contributed by atoms with van der Waals surface area (Å²) in [6, 6.07) is 7.32. The van der Waals surface area contributed by atoms with Crippen molar-refractivity contribution in [3.8, 4) is 5.75 Å². The highest BCUT2D eigenvalue weighted by Gasteiger charge is 2.29. The highest BCUT2D eigenvalue weighted by molar-refractivity contribution is 5.77. The first-order chi connectivity index (χ1) is 9.09. The molecule has 0 atom stereocenters. The molecule has 0 aromatic heterocycles. The Morgan fingerprint density at radius 1 is 1.37 bits per heavy atom. The van der Waals surface area contributed by atoms with Crippen LogP contribution in [-0.2, 0) is 4.79 Å². The van der Waals surface area contributed by atoms with E-state index >= 15 is 0 Å². The van der Waals surface area contributed by atoms with Crippen LogP contribution in [0.5, 0.6) is 5.75 Å². The van der Waals surface area contributed by atoms with Crippen LogP contribution in [0.3, 0.4) is 0 Å². The Kier molecular flexibility index (Phi) is 4.30. The Morgan fingerprint density at radius 3 is 2.74 bits per heavy atom. The molecule has 1 saturated carbocycles. The summed E-state index contributed by atoms with van der Waals surface area (Å²) < 4.78 is 5.52. The van der Waals surface area contributed by atoms with Crippen molar-refractivity contribution in [3.63, 3.8) is 0 Å². The van der Waals surface area contributed by atoms with Crippen LogP contribution in [0, 0.1) is 0 Å². The minimum absolute atomic E-state index is 0.0111. The second-order valence-electron chi connectivity index (χ2n) is 5.45. The second kappa shape index (κ2) is 5.95. The number of hydrogen-bond acceptors (Lipinski definition) is 3. The zero-order chi connectivity index (χ0) is 13.7. The number of carbonyl (C=O) groups is 1. The molecule has 0 aliphatic heterocycles. The first-order valence-corrected chi connectivity index (χ1v) is 6.87. The van der Waals surface area contributed by atoms with E-state index in [2.05, 4.69) is 12.2 Å². The molecule has 0 bridgehead atoms. The van der Waals surface area contributed by atoms with Crippen molar-refractivity contribution < 1.29 is 9.53 Å². The van der Waals surface area contributed by atoms with Crippen molar-refractivity contribution in [2.75, 3.05) is 12.3 Å². The molecule has 1 amide bonds. The van der Waals surface area contributed by atoms with Gasteiger partial charge < -0.3 is 15.8 Å². The van der Waals surface area contributed by atoms with E-state index in [1.54, 1.807) is 6.07 Å². The molecule has 1 aliphatic carbocycles. The summed E-state index contributed by atoms with van der Waals surface area (Å²) in [6.07, 6.45) is 4.92. The van der Waals surface area contributed by atoms with Crippen molar-refractivity contribution >= 4 is 11.6 Å². The fourth-order valence-corrected chi connectivity index (χ4v) is 2.55. The van der Waals surface area contributed by atoms with E-state index in [4.69, 9.17) is 10.5 Å². The third-order valence-electron chi connectivity index (χ3n) is 3.65. The fraction of sp³-hybridized carbons (Fsp3) is 0.533. The third kappa shape index (κ3) is 3.88. The molecule has 2 rings (SSSR count). The molecule has 1 aromatic rings. The number of hydrogen-bond donors (Lipinski definition) is 2. The van der Waals surface area contributed by atoms with Gasteiger partial charge in [-0.15, -0.1) is 0 Å². The van der Waals surface area contributed by atoms with E-state index < -0.39 is 0 Å². The van der Waals surface area contributed by atoms with Gasteiger partial charge in [-0.1, -0.05) is 25.0 Å². The van der Waals surface area contributed by atoms with Crippen molar-refractivity contribution in [2.24, 2.45) is 0 Å². The van der Waals surface area contributed by atoms with E-state index in [1.165, 1.54) is 12.8 Å². The molecule has 4 heteroatoms. The number of nitrogens with one attached hydrogen (secondary N) is 1. The summed E-state index contributed by atoms with van der Waals surface area (Å²) in [4.78, 5) is 11.9. The SMILES string of the molecule is CC1(NC(=O)CCOc2ccccc2N)CCCC1. The maximum Gasteiger partial charge on any atom is 0.223 e. The average Bonchev–Trinajstić information content (AvgIpc) is 2.78. The first-order valence-electron chi connectivity index (χ1n) is 6.87. The summed E-state index contributed by atoms with van der Waals surface area (Å²) in [5, 5.41) is 3.11. The molecule has 0 saturated heterocycles. The first kappa shape index (κ1) is 13.7. The molecule has 19 heavy (non-hydrogen) atoms. The van der Waals surface area contributed by atoms with E-state index in [0.717, 1.165) is 12.8 Å². The van der Waals surface area contributed by atoms with Gasteiger partial charge in [0.25, 0.3) is 0 Å². The van der Waals surface area contributed by atoms with E-state index in [0.29, 0.717) is 24.5 Å². The Hall–Kier alpha value is -1.71. The molecule has 0 radical (unpaired) electrons. The molecule has 0 spiro atoms. The average molecular weight is 262 g/mol. The monoisotopic (exact) mass is 262 g/mol. The van der Waals surface area contributed by atoms with Crippen LogP contribution in [0.4, 0.5) is 5.69 Å². The molecule has 4 nitrogen and oxygen atoms in total. The van der Waals surface area contributed by atoms with Gasteiger partial charge in [0.05, 0.1) is 18.7 Å². The Labute approximate surface area is 114 Å². The zero-order valence-corrected chi connectivity index (χ0v) is 11.4. The molecule has 104 valence electrons. The number of amides is 1. The lowest BCUT2D eigenvalue weighted by Crippen LogP contribution is -2.43.